The number of pyridine rings is 1. The SMILES string of the molecule is C=CC(=O)N1CCN(c2cc(C(=O)NC3(C)CCCNC3)nc3c2CCN(c2cccc4cccc(C)c24)C3)C[C@@H]1CC#N. The Labute approximate surface area is 259 Å². The lowest BCUT2D eigenvalue weighted by molar-refractivity contribution is -0.128. The molecule has 3 aliphatic rings. The normalized spacial score (nSPS) is 21.8. The van der Waals surface area contributed by atoms with Crippen LogP contribution in [0.5, 0.6) is 0 Å². The third kappa shape index (κ3) is 5.74. The molecular formula is C35H41N7O2. The molecule has 0 spiro atoms. The fraction of sp³-hybridized carbons (Fsp3) is 0.429. The molecule has 0 aliphatic carbocycles. The molecule has 0 bridgehead atoms. The summed E-state index contributed by atoms with van der Waals surface area (Å²) in [6, 6.07) is 16.8. The van der Waals surface area contributed by atoms with Crippen LogP contribution in [0.4, 0.5) is 11.4 Å². The van der Waals surface area contributed by atoms with Crippen LogP contribution in [0.1, 0.15) is 53.5 Å². The molecule has 9 nitrogen and oxygen atoms in total. The number of fused-ring (bicyclic) bond motifs is 2. The van der Waals surface area contributed by atoms with Gasteiger partial charge in [0.1, 0.15) is 5.69 Å². The number of hydrogen-bond acceptors (Lipinski definition) is 7. The van der Waals surface area contributed by atoms with Crippen molar-refractivity contribution in [2.24, 2.45) is 0 Å². The minimum atomic E-state index is -0.339. The Morgan fingerprint density at radius 3 is 2.75 bits per heavy atom. The van der Waals surface area contributed by atoms with E-state index in [0.717, 1.165) is 55.8 Å². The van der Waals surface area contributed by atoms with Crippen molar-refractivity contribution in [2.45, 2.75) is 57.7 Å². The zero-order chi connectivity index (χ0) is 30.8. The van der Waals surface area contributed by atoms with Crippen LogP contribution in [0.25, 0.3) is 10.8 Å². The number of aromatic nitrogens is 1. The van der Waals surface area contributed by atoms with Gasteiger partial charge in [-0.05, 0) is 68.8 Å². The van der Waals surface area contributed by atoms with Crippen LogP contribution < -0.4 is 20.4 Å². The Balaban J connectivity index is 1.38. The maximum absolute atomic E-state index is 13.8. The van der Waals surface area contributed by atoms with Gasteiger partial charge in [0, 0.05) is 55.0 Å². The number of piperazine rings is 1. The van der Waals surface area contributed by atoms with E-state index in [0.29, 0.717) is 31.9 Å². The first-order valence-corrected chi connectivity index (χ1v) is 15.6. The summed E-state index contributed by atoms with van der Waals surface area (Å²) in [6.45, 7) is 12.6. The second-order valence-corrected chi connectivity index (χ2v) is 12.6. The van der Waals surface area contributed by atoms with Gasteiger partial charge in [0.05, 0.1) is 36.3 Å². The van der Waals surface area contributed by atoms with Crippen LogP contribution >= 0.6 is 0 Å². The molecule has 6 rings (SSSR count). The van der Waals surface area contributed by atoms with Gasteiger partial charge in [0.2, 0.25) is 5.91 Å². The molecule has 1 unspecified atom stereocenters. The number of rotatable bonds is 6. The van der Waals surface area contributed by atoms with E-state index in [1.807, 2.05) is 6.07 Å². The molecule has 2 amide bonds. The first-order chi connectivity index (χ1) is 21.3. The Hall–Kier alpha value is -4.42. The monoisotopic (exact) mass is 591 g/mol. The number of nitrogens with one attached hydrogen (secondary N) is 2. The van der Waals surface area contributed by atoms with Crippen molar-refractivity contribution in [3.05, 3.63) is 77.6 Å². The molecule has 2 N–H and O–H groups in total. The topological polar surface area (TPSA) is 105 Å². The molecule has 2 saturated heterocycles. The molecule has 0 radical (unpaired) electrons. The fourth-order valence-corrected chi connectivity index (χ4v) is 7.16. The molecule has 3 aliphatic heterocycles. The highest BCUT2D eigenvalue weighted by Crippen LogP contribution is 2.36. The van der Waals surface area contributed by atoms with Crippen LogP contribution in [0.15, 0.2) is 55.1 Å². The number of nitrogens with zero attached hydrogens (tertiary/aromatic N) is 5. The van der Waals surface area contributed by atoms with Crippen molar-refractivity contribution in [3.63, 3.8) is 0 Å². The molecule has 4 heterocycles. The molecule has 2 atom stereocenters. The Morgan fingerprint density at radius 1 is 1.18 bits per heavy atom. The molecule has 2 fully saturated rings. The highest BCUT2D eigenvalue weighted by molar-refractivity contribution is 5.97. The Bertz CT molecular complexity index is 1630. The van der Waals surface area contributed by atoms with Gasteiger partial charge in [-0.15, -0.1) is 0 Å². The number of hydrogen-bond donors (Lipinski definition) is 2. The van der Waals surface area contributed by atoms with Crippen LogP contribution in [0.3, 0.4) is 0 Å². The van der Waals surface area contributed by atoms with Gasteiger partial charge in [0.25, 0.3) is 5.91 Å². The second-order valence-electron chi connectivity index (χ2n) is 12.6. The summed E-state index contributed by atoms with van der Waals surface area (Å²) in [7, 11) is 0. The summed E-state index contributed by atoms with van der Waals surface area (Å²) in [5.74, 6) is -0.329. The van der Waals surface area contributed by atoms with E-state index >= 15 is 0 Å². The minimum Gasteiger partial charge on any atom is -0.367 e. The summed E-state index contributed by atoms with van der Waals surface area (Å²) in [6.07, 6.45) is 4.25. The smallest absolute Gasteiger partial charge is 0.270 e. The van der Waals surface area contributed by atoms with E-state index in [9.17, 15) is 14.9 Å². The molecule has 9 heteroatoms. The highest BCUT2D eigenvalue weighted by atomic mass is 16.2. The van der Waals surface area contributed by atoms with Crippen LogP contribution in [-0.2, 0) is 17.8 Å². The standard InChI is InChI=1S/C35H41N7O2/c1-4-32(43)42-19-18-41(21-26(42)12-15-36)31-20-28(34(44)39-35(3)14-7-16-37-23-35)38-29-22-40(17-13-27(29)31)30-11-6-10-25-9-5-8-24(2)33(25)30/h4-6,8-11,20,26,37H,1,7,12-14,16-19,21-23H2,2-3H3,(H,39,44)/t26-,35?/m0/s1. The van der Waals surface area contributed by atoms with Gasteiger partial charge in [-0.1, -0.05) is 36.9 Å². The summed E-state index contributed by atoms with van der Waals surface area (Å²) < 4.78 is 0. The van der Waals surface area contributed by atoms with Crippen molar-refractivity contribution in [2.75, 3.05) is 49.1 Å². The lowest BCUT2D eigenvalue weighted by Crippen LogP contribution is -2.56. The second kappa shape index (κ2) is 12.3. The maximum atomic E-state index is 13.8. The molecule has 2 aromatic carbocycles. The average molecular weight is 592 g/mol. The number of benzene rings is 2. The third-order valence-electron chi connectivity index (χ3n) is 9.44. The van der Waals surface area contributed by atoms with E-state index in [4.69, 9.17) is 4.98 Å². The Morgan fingerprint density at radius 2 is 2.00 bits per heavy atom. The summed E-state index contributed by atoms with van der Waals surface area (Å²) in [5.41, 5.74) is 5.50. The molecule has 0 saturated carbocycles. The summed E-state index contributed by atoms with van der Waals surface area (Å²) >= 11 is 0. The van der Waals surface area contributed by atoms with E-state index in [1.54, 1.807) is 4.90 Å². The van der Waals surface area contributed by atoms with Crippen molar-refractivity contribution in [1.82, 2.24) is 20.5 Å². The van der Waals surface area contributed by atoms with Gasteiger partial charge in [-0.25, -0.2) is 4.98 Å². The van der Waals surface area contributed by atoms with Gasteiger partial charge < -0.3 is 25.3 Å². The number of amides is 2. The zero-order valence-corrected chi connectivity index (χ0v) is 25.7. The number of aryl methyl sites for hydroxylation is 1. The molecular weight excluding hydrogens is 550 g/mol. The molecule has 1 aromatic heterocycles. The van der Waals surface area contributed by atoms with E-state index in [-0.39, 0.29) is 29.8 Å². The quantitative estimate of drug-likeness (QED) is 0.416. The average Bonchev–Trinajstić information content (AvgIpc) is 3.03. The lowest BCUT2D eigenvalue weighted by Gasteiger charge is -2.43. The minimum absolute atomic E-state index is 0.155. The summed E-state index contributed by atoms with van der Waals surface area (Å²) in [4.78, 5) is 37.8. The molecule has 3 aromatic rings. The van der Waals surface area contributed by atoms with Crippen LogP contribution in [0.2, 0.25) is 0 Å². The van der Waals surface area contributed by atoms with Gasteiger partial charge >= 0.3 is 0 Å². The van der Waals surface area contributed by atoms with Gasteiger partial charge in [-0.2, -0.15) is 5.26 Å². The number of anilines is 2. The number of carbonyl (C=O) groups is 2. The summed E-state index contributed by atoms with van der Waals surface area (Å²) in [5, 5.41) is 18.7. The Kier molecular flexibility index (Phi) is 8.28. The van der Waals surface area contributed by atoms with Crippen molar-refractivity contribution in [1.29, 1.82) is 5.26 Å². The highest BCUT2D eigenvalue weighted by Gasteiger charge is 2.34. The first kappa shape index (κ1) is 29.6. The molecule has 228 valence electrons. The predicted molar refractivity (Wildman–Crippen MR) is 174 cm³/mol. The van der Waals surface area contributed by atoms with E-state index in [2.05, 4.69) is 83.3 Å². The number of piperidine rings is 1. The maximum Gasteiger partial charge on any atom is 0.270 e. The lowest BCUT2D eigenvalue weighted by atomic mass is 9.92. The van der Waals surface area contributed by atoms with E-state index in [1.165, 1.54) is 28.1 Å². The van der Waals surface area contributed by atoms with Crippen molar-refractivity contribution >= 4 is 34.0 Å². The molecule has 44 heavy (non-hydrogen) atoms. The zero-order valence-electron chi connectivity index (χ0n) is 25.7. The van der Waals surface area contributed by atoms with Crippen molar-refractivity contribution in [3.8, 4) is 6.07 Å². The predicted octanol–water partition coefficient (Wildman–Crippen LogP) is 4.09. The van der Waals surface area contributed by atoms with Crippen LogP contribution in [0, 0.1) is 18.3 Å². The van der Waals surface area contributed by atoms with E-state index < -0.39 is 0 Å². The largest absolute Gasteiger partial charge is 0.367 e. The first-order valence-electron chi connectivity index (χ1n) is 15.6. The van der Waals surface area contributed by atoms with Gasteiger partial charge in [0.15, 0.2) is 0 Å². The number of nitriles is 1. The van der Waals surface area contributed by atoms with Crippen molar-refractivity contribution < 1.29 is 9.59 Å². The van der Waals surface area contributed by atoms with Crippen LogP contribution in [-0.4, -0.2) is 72.5 Å². The fourth-order valence-electron chi connectivity index (χ4n) is 7.16. The van der Waals surface area contributed by atoms with Gasteiger partial charge in [-0.3, -0.25) is 9.59 Å². The number of carbonyl (C=O) groups excluding carboxylic acids is 2. The third-order valence-corrected chi connectivity index (χ3v) is 9.44.